The Morgan fingerprint density at radius 2 is 2.00 bits per heavy atom. The van der Waals surface area contributed by atoms with Gasteiger partial charge in [0.05, 0.1) is 4.92 Å². The fourth-order valence-electron chi connectivity index (χ4n) is 1.85. The summed E-state index contributed by atoms with van der Waals surface area (Å²) in [6.45, 7) is 3.84. The average molecular weight is 244 g/mol. The number of hydrogen-bond donors (Lipinski definition) is 1. The highest BCUT2D eigenvalue weighted by molar-refractivity contribution is 5.77. The second kappa shape index (κ2) is 4.40. The summed E-state index contributed by atoms with van der Waals surface area (Å²) in [7, 11) is 0. The van der Waals surface area contributed by atoms with Gasteiger partial charge in [0.25, 0.3) is 0 Å². The van der Waals surface area contributed by atoms with Gasteiger partial charge in [-0.3, -0.25) is 10.1 Å². The number of nitrogens with two attached hydrogens (primary N) is 1. The molecule has 0 aliphatic carbocycles. The fraction of sp³-hybridized carbons (Fsp3) is 0.167. The molecule has 1 heterocycles. The predicted octanol–water partition coefficient (Wildman–Crippen LogP) is 2.25. The van der Waals surface area contributed by atoms with E-state index in [0.29, 0.717) is 5.56 Å². The van der Waals surface area contributed by atoms with Gasteiger partial charge in [-0.1, -0.05) is 23.8 Å². The Kier molecular flexibility index (Phi) is 2.93. The summed E-state index contributed by atoms with van der Waals surface area (Å²) in [4.78, 5) is 18.1. The van der Waals surface area contributed by atoms with Gasteiger partial charge in [0.2, 0.25) is 5.82 Å². The van der Waals surface area contributed by atoms with Gasteiger partial charge in [0.15, 0.2) is 5.69 Å². The van der Waals surface area contributed by atoms with Crippen molar-refractivity contribution in [1.82, 2.24) is 9.97 Å². The lowest BCUT2D eigenvalue weighted by atomic mass is 10.0. The molecule has 2 N–H and O–H groups in total. The topological polar surface area (TPSA) is 94.9 Å². The molecule has 0 aliphatic heterocycles. The molecule has 92 valence electrons. The second-order valence-corrected chi connectivity index (χ2v) is 4.03. The quantitative estimate of drug-likeness (QED) is 0.645. The van der Waals surface area contributed by atoms with Gasteiger partial charge >= 0.3 is 5.69 Å². The van der Waals surface area contributed by atoms with Crippen LogP contribution in [0.3, 0.4) is 0 Å². The van der Waals surface area contributed by atoms with E-state index in [0.717, 1.165) is 11.1 Å². The number of nitrogen functional groups attached to an aromatic ring is 1. The molecule has 0 saturated heterocycles. The minimum absolute atomic E-state index is 0.120. The van der Waals surface area contributed by atoms with Crippen molar-refractivity contribution in [3.63, 3.8) is 0 Å². The molecular formula is C12H12N4O2. The van der Waals surface area contributed by atoms with Crippen LogP contribution in [0.1, 0.15) is 11.1 Å². The number of aromatic nitrogens is 2. The summed E-state index contributed by atoms with van der Waals surface area (Å²) in [5, 5.41) is 11.0. The number of hydrogen-bond acceptors (Lipinski definition) is 5. The third kappa shape index (κ3) is 2.00. The molecule has 0 saturated carbocycles. The highest BCUT2D eigenvalue weighted by Crippen LogP contribution is 2.33. The smallest absolute Gasteiger partial charge is 0.337 e. The van der Waals surface area contributed by atoms with Crippen molar-refractivity contribution in [2.24, 2.45) is 0 Å². The van der Waals surface area contributed by atoms with E-state index in [1.165, 1.54) is 6.33 Å². The van der Waals surface area contributed by atoms with Crippen molar-refractivity contribution in [1.29, 1.82) is 0 Å². The van der Waals surface area contributed by atoms with E-state index in [2.05, 4.69) is 9.97 Å². The van der Waals surface area contributed by atoms with Crippen LogP contribution in [0.2, 0.25) is 0 Å². The third-order valence-corrected chi connectivity index (χ3v) is 2.67. The van der Waals surface area contributed by atoms with E-state index in [-0.39, 0.29) is 17.2 Å². The first-order valence-electron chi connectivity index (χ1n) is 5.33. The van der Waals surface area contributed by atoms with Gasteiger partial charge in [-0.05, 0) is 19.4 Å². The lowest BCUT2D eigenvalue weighted by molar-refractivity contribution is -0.383. The summed E-state index contributed by atoms with van der Waals surface area (Å²) in [5.74, 6) is -0.120. The molecule has 0 bridgehead atoms. The van der Waals surface area contributed by atoms with Crippen molar-refractivity contribution >= 4 is 11.5 Å². The molecule has 18 heavy (non-hydrogen) atoms. The van der Waals surface area contributed by atoms with Crippen LogP contribution in [0.25, 0.3) is 11.3 Å². The van der Waals surface area contributed by atoms with Gasteiger partial charge in [-0.15, -0.1) is 0 Å². The lowest BCUT2D eigenvalue weighted by Gasteiger charge is -2.07. The van der Waals surface area contributed by atoms with Crippen molar-refractivity contribution in [2.75, 3.05) is 5.73 Å². The molecule has 2 aromatic rings. The van der Waals surface area contributed by atoms with Gasteiger partial charge in [-0.2, -0.15) is 0 Å². The first kappa shape index (κ1) is 12.0. The molecule has 0 radical (unpaired) electrons. The minimum atomic E-state index is -0.552. The molecule has 1 aromatic heterocycles. The Bertz CT molecular complexity index is 625. The molecule has 6 heteroatoms. The molecule has 0 atom stereocenters. The predicted molar refractivity (Wildman–Crippen MR) is 68.0 cm³/mol. The normalized spacial score (nSPS) is 10.3. The summed E-state index contributed by atoms with van der Waals surface area (Å²) < 4.78 is 0. The Morgan fingerprint density at radius 3 is 2.61 bits per heavy atom. The molecule has 0 fully saturated rings. The van der Waals surface area contributed by atoms with Gasteiger partial charge in [0.1, 0.15) is 6.33 Å². The molecule has 0 unspecified atom stereocenters. The molecule has 0 amide bonds. The maximum Gasteiger partial charge on any atom is 0.337 e. The number of nitrogens with zero attached hydrogens (tertiary/aromatic N) is 3. The number of nitro groups is 1. The molecule has 0 spiro atoms. The Labute approximate surface area is 104 Å². The van der Waals surface area contributed by atoms with Crippen LogP contribution in [0, 0.1) is 24.0 Å². The van der Waals surface area contributed by atoms with Crippen LogP contribution in [0.5, 0.6) is 0 Å². The highest BCUT2D eigenvalue weighted by atomic mass is 16.6. The van der Waals surface area contributed by atoms with E-state index in [9.17, 15) is 10.1 Å². The van der Waals surface area contributed by atoms with Crippen LogP contribution in [-0.2, 0) is 0 Å². The van der Waals surface area contributed by atoms with Crippen LogP contribution in [0.4, 0.5) is 11.5 Å². The van der Waals surface area contributed by atoms with Crippen LogP contribution in [0.15, 0.2) is 24.5 Å². The minimum Gasteiger partial charge on any atom is -0.378 e. The number of benzene rings is 1. The number of rotatable bonds is 2. The summed E-state index contributed by atoms with van der Waals surface area (Å²) in [6.07, 6.45) is 1.23. The van der Waals surface area contributed by atoms with E-state index < -0.39 is 4.92 Å². The van der Waals surface area contributed by atoms with Crippen molar-refractivity contribution < 1.29 is 4.92 Å². The molecule has 0 aliphatic rings. The first-order valence-corrected chi connectivity index (χ1v) is 5.33. The van der Waals surface area contributed by atoms with Crippen LogP contribution in [-0.4, -0.2) is 14.9 Å². The van der Waals surface area contributed by atoms with E-state index in [1.54, 1.807) is 6.07 Å². The Hall–Kier alpha value is -2.50. The van der Waals surface area contributed by atoms with E-state index in [4.69, 9.17) is 5.73 Å². The standard InChI is InChI=1S/C12H12N4O2/c1-7-3-4-9(8(2)5-7)10-11(16(17)18)12(13)15-6-14-10/h3-6H,1-2H3,(H2,13,14,15). The molecule has 2 rings (SSSR count). The highest BCUT2D eigenvalue weighted by Gasteiger charge is 2.22. The van der Waals surface area contributed by atoms with Crippen molar-refractivity contribution in [3.05, 3.63) is 45.8 Å². The zero-order valence-electron chi connectivity index (χ0n) is 10.0. The number of aryl methyl sites for hydroxylation is 2. The largest absolute Gasteiger partial charge is 0.378 e. The van der Waals surface area contributed by atoms with Gasteiger partial charge in [-0.25, -0.2) is 9.97 Å². The molecular weight excluding hydrogens is 232 g/mol. The first-order chi connectivity index (χ1) is 8.50. The average Bonchev–Trinajstić information content (AvgIpc) is 2.28. The van der Waals surface area contributed by atoms with Crippen LogP contribution >= 0.6 is 0 Å². The lowest BCUT2D eigenvalue weighted by Crippen LogP contribution is -2.03. The summed E-state index contributed by atoms with van der Waals surface area (Å²) >= 11 is 0. The third-order valence-electron chi connectivity index (χ3n) is 2.67. The van der Waals surface area contributed by atoms with Crippen molar-refractivity contribution in [3.8, 4) is 11.3 Å². The van der Waals surface area contributed by atoms with Gasteiger partial charge < -0.3 is 5.73 Å². The zero-order chi connectivity index (χ0) is 13.3. The van der Waals surface area contributed by atoms with Gasteiger partial charge in [0, 0.05) is 5.56 Å². The maximum absolute atomic E-state index is 11.0. The molecule has 6 nitrogen and oxygen atoms in total. The monoisotopic (exact) mass is 244 g/mol. The Morgan fingerprint density at radius 1 is 1.28 bits per heavy atom. The van der Waals surface area contributed by atoms with Crippen molar-refractivity contribution in [2.45, 2.75) is 13.8 Å². The fourth-order valence-corrected chi connectivity index (χ4v) is 1.85. The Balaban J connectivity index is 2.71. The van der Waals surface area contributed by atoms with E-state index >= 15 is 0 Å². The molecule has 1 aromatic carbocycles. The number of anilines is 1. The second-order valence-electron chi connectivity index (χ2n) is 4.03. The van der Waals surface area contributed by atoms with E-state index in [1.807, 2.05) is 26.0 Å². The SMILES string of the molecule is Cc1ccc(-c2ncnc(N)c2[N+](=O)[O-])c(C)c1. The zero-order valence-corrected chi connectivity index (χ0v) is 10.0. The summed E-state index contributed by atoms with van der Waals surface area (Å²) in [5.41, 5.74) is 8.25. The summed E-state index contributed by atoms with van der Waals surface area (Å²) in [6, 6.07) is 5.63. The van der Waals surface area contributed by atoms with Crippen LogP contribution < -0.4 is 5.73 Å². The maximum atomic E-state index is 11.0.